The molecule has 76 valence electrons. The maximum Gasteiger partial charge on any atom is 0.573 e. The number of rotatable bonds is 2. The van der Waals surface area contributed by atoms with Gasteiger partial charge in [0.05, 0.1) is 11.8 Å². The van der Waals surface area contributed by atoms with Gasteiger partial charge in [-0.05, 0) is 17.7 Å². The van der Waals surface area contributed by atoms with Crippen LogP contribution in [0, 0.1) is 0 Å². The predicted octanol–water partition coefficient (Wildman–Crippen LogP) is 2.36. The molecular formula is C7H3ClF3NO2. The predicted molar refractivity (Wildman–Crippen MR) is 41.1 cm³/mol. The Balaban J connectivity index is 2.89. The van der Waals surface area contributed by atoms with E-state index in [2.05, 4.69) is 9.72 Å². The number of nitrogens with zero attached hydrogens (tertiary/aromatic N) is 1. The van der Waals surface area contributed by atoms with Crippen molar-refractivity contribution in [1.82, 2.24) is 4.98 Å². The quantitative estimate of drug-likeness (QED) is 0.726. The molecule has 0 aliphatic heterocycles. The van der Waals surface area contributed by atoms with Gasteiger partial charge in [0.2, 0.25) is 0 Å². The van der Waals surface area contributed by atoms with Gasteiger partial charge in [-0.15, -0.1) is 13.2 Å². The van der Waals surface area contributed by atoms with Crippen LogP contribution in [0.25, 0.3) is 0 Å². The summed E-state index contributed by atoms with van der Waals surface area (Å²) in [7, 11) is 0. The Morgan fingerprint density at radius 2 is 2.07 bits per heavy atom. The minimum absolute atomic E-state index is 0.159. The van der Waals surface area contributed by atoms with Crippen LogP contribution in [0.4, 0.5) is 13.2 Å². The van der Waals surface area contributed by atoms with Crippen molar-refractivity contribution in [1.29, 1.82) is 0 Å². The van der Waals surface area contributed by atoms with Crippen LogP contribution in [-0.2, 0) is 0 Å². The fraction of sp³-hybridized carbons (Fsp3) is 0.143. The Morgan fingerprint density at radius 3 is 2.57 bits per heavy atom. The summed E-state index contributed by atoms with van der Waals surface area (Å²) in [4.78, 5) is 13.9. The number of carbonyl (C=O) groups is 1. The number of hydrogen-bond acceptors (Lipinski definition) is 3. The van der Waals surface area contributed by atoms with Crippen molar-refractivity contribution in [2.75, 3.05) is 0 Å². The summed E-state index contributed by atoms with van der Waals surface area (Å²) in [6.07, 6.45) is -2.94. The number of pyridine rings is 1. The molecule has 0 N–H and O–H groups in total. The Morgan fingerprint density at radius 1 is 1.43 bits per heavy atom. The molecule has 0 amide bonds. The van der Waals surface area contributed by atoms with E-state index in [1.165, 1.54) is 0 Å². The lowest BCUT2D eigenvalue weighted by Crippen LogP contribution is -2.17. The number of halogens is 4. The molecule has 3 nitrogen and oxygen atoms in total. The van der Waals surface area contributed by atoms with Crippen LogP contribution in [0.2, 0.25) is 0 Å². The van der Waals surface area contributed by atoms with Crippen LogP contribution in [0.15, 0.2) is 18.5 Å². The van der Waals surface area contributed by atoms with Gasteiger partial charge in [-0.25, -0.2) is 0 Å². The molecule has 0 saturated carbocycles. The lowest BCUT2D eigenvalue weighted by molar-refractivity contribution is -0.274. The normalized spacial score (nSPS) is 11.1. The Bertz CT molecular complexity index is 353. The van der Waals surface area contributed by atoms with Crippen LogP contribution < -0.4 is 4.74 Å². The molecule has 0 aliphatic carbocycles. The Kier molecular flexibility index (Phi) is 2.95. The lowest BCUT2D eigenvalue weighted by Gasteiger charge is -2.08. The van der Waals surface area contributed by atoms with Crippen molar-refractivity contribution in [3.05, 3.63) is 24.0 Å². The number of alkyl halides is 3. The van der Waals surface area contributed by atoms with E-state index in [-0.39, 0.29) is 5.56 Å². The van der Waals surface area contributed by atoms with E-state index in [0.717, 1.165) is 18.5 Å². The highest BCUT2D eigenvalue weighted by atomic mass is 35.5. The molecule has 1 heterocycles. The number of ether oxygens (including phenoxy) is 1. The van der Waals surface area contributed by atoms with Crippen LogP contribution in [0.1, 0.15) is 10.4 Å². The second kappa shape index (κ2) is 3.83. The fourth-order valence-electron chi connectivity index (χ4n) is 0.716. The summed E-state index contributed by atoms with van der Waals surface area (Å²) in [5, 5.41) is -0.898. The summed E-state index contributed by atoms with van der Waals surface area (Å²) >= 11 is 5.03. The first-order valence-electron chi connectivity index (χ1n) is 3.29. The van der Waals surface area contributed by atoms with E-state index < -0.39 is 17.4 Å². The van der Waals surface area contributed by atoms with Crippen molar-refractivity contribution in [2.24, 2.45) is 0 Å². The van der Waals surface area contributed by atoms with Gasteiger partial charge in [0.25, 0.3) is 5.24 Å². The third kappa shape index (κ3) is 3.21. The van der Waals surface area contributed by atoms with E-state index in [4.69, 9.17) is 11.6 Å². The highest BCUT2D eigenvalue weighted by molar-refractivity contribution is 6.67. The second-order valence-electron chi connectivity index (χ2n) is 2.23. The molecule has 0 unspecified atom stereocenters. The zero-order chi connectivity index (χ0) is 10.8. The first kappa shape index (κ1) is 10.8. The second-order valence-corrected chi connectivity index (χ2v) is 2.57. The Labute approximate surface area is 81.5 Å². The van der Waals surface area contributed by atoms with Gasteiger partial charge in [-0.3, -0.25) is 9.78 Å². The Hall–Kier alpha value is -1.30. The summed E-state index contributed by atoms with van der Waals surface area (Å²) in [5.41, 5.74) is -0.159. The maximum absolute atomic E-state index is 11.7. The largest absolute Gasteiger partial charge is 0.573 e. The van der Waals surface area contributed by atoms with Gasteiger partial charge < -0.3 is 4.74 Å². The van der Waals surface area contributed by atoms with Gasteiger partial charge in [0, 0.05) is 6.20 Å². The maximum atomic E-state index is 11.7. The SMILES string of the molecule is O=C(Cl)c1cncc(OC(F)(F)F)c1. The van der Waals surface area contributed by atoms with Gasteiger partial charge in [-0.2, -0.15) is 0 Å². The van der Waals surface area contributed by atoms with Gasteiger partial charge in [0.15, 0.2) is 0 Å². The van der Waals surface area contributed by atoms with Gasteiger partial charge >= 0.3 is 6.36 Å². The van der Waals surface area contributed by atoms with Gasteiger partial charge in [-0.1, -0.05) is 0 Å². The average Bonchev–Trinajstić information content (AvgIpc) is 2.01. The van der Waals surface area contributed by atoms with E-state index in [9.17, 15) is 18.0 Å². The molecule has 0 aromatic carbocycles. The molecule has 0 atom stereocenters. The molecule has 0 radical (unpaired) electrons. The molecule has 1 aromatic rings. The third-order valence-corrected chi connectivity index (χ3v) is 1.39. The highest BCUT2D eigenvalue weighted by Gasteiger charge is 2.31. The minimum Gasteiger partial charge on any atom is -0.404 e. The summed E-state index contributed by atoms with van der Waals surface area (Å²) in [5.74, 6) is -0.580. The van der Waals surface area contributed by atoms with Crippen molar-refractivity contribution in [3.8, 4) is 5.75 Å². The summed E-state index contributed by atoms with van der Waals surface area (Å²) in [6.45, 7) is 0. The first-order valence-corrected chi connectivity index (χ1v) is 3.67. The molecule has 0 saturated heterocycles. The number of hydrogen-bond donors (Lipinski definition) is 0. The molecule has 0 aliphatic rings. The van der Waals surface area contributed by atoms with Crippen LogP contribution >= 0.6 is 11.6 Å². The molecule has 0 bridgehead atoms. The average molecular weight is 226 g/mol. The monoisotopic (exact) mass is 225 g/mol. The summed E-state index contributed by atoms with van der Waals surface area (Å²) < 4.78 is 38.6. The molecule has 0 fully saturated rings. The topological polar surface area (TPSA) is 39.2 Å². The highest BCUT2D eigenvalue weighted by Crippen LogP contribution is 2.22. The zero-order valence-electron chi connectivity index (χ0n) is 6.51. The zero-order valence-corrected chi connectivity index (χ0v) is 7.26. The molecule has 0 spiro atoms. The van der Waals surface area contributed by atoms with E-state index in [0.29, 0.717) is 0 Å². The summed E-state index contributed by atoms with van der Waals surface area (Å²) in [6, 6.07) is 0.857. The minimum atomic E-state index is -4.81. The van der Waals surface area contributed by atoms with E-state index in [1.807, 2.05) is 0 Å². The molecule has 1 rings (SSSR count). The van der Waals surface area contributed by atoms with Crippen LogP contribution in [0.3, 0.4) is 0 Å². The number of aromatic nitrogens is 1. The lowest BCUT2D eigenvalue weighted by atomic mass is 10.3. The third-order valence-electron chi connectivity index (χ3n) is 1.17. The van der Waals surface area contributed by atoms with Crippen molar-refractivity contribution in [3.63, 3.8) is 0 Å². The van der Waals surface area contributed by atoms with Crippen LogP contribution in [0.5, 0.6) is 5.75 Å². The molecule has 14 heavy (non-hydrogen) atoms. The van der Waals surface area contributed by atoms with Crippen molar-refractivity contribution < 1.29 is 22.7 Å². The molecule has 7 heteroatoms. The first-order chi connectivity index (χ1) is 6.38. The smallest absolute Gasteiger partial charge is 0.404 e. The molecular weight excluding hydrogens is 223 g/mol. The van der Waals surface area contributed by atoms with Crippen molar-refractivity contribution in [2.45, 2.75) is 6.36 Å². The van der Waals surface area contributed by atoms with Crippen molar-refractivity contribution >= 4 is 16.8 Å². The fourth-order valence-corrected chi connectivity index (χ4v) is 0.819. The molecule has 1 aromatic heterocycles. The number of carbonyl (C=O) groups excluding carboxylic acids is 1. The van der Waals surface area contributed by atoms with Gasteiger partial charge in [0.1, 0.15) is 5.75 Å². The van der Waals surface area contributed by atoms with E-state index in [1.54, 1.807) is 0 Å². The van der Waals surface area contributed by atoms with E-state index >= 15 is 0 Å². The standard InChI is InChI=1S/C7H3ClF3NO2/c8-6(13)4-1-5(3-12-2-4)14-7(9,10)11/h1-3H. The van der Waals surface area contributed by atoms with Crippen LogP contribution in [-0.4, -0.2) is 16.6 Å².